The molecule has 0 bridgehead atoms. The minimum atomic E-state index is -4.37. The summed E-state index contributed by atoms with van der Waals surface area (Å²) in [5, 5.41) is 9.21. The maximum absolute atomic E-state index is 12.5. The Morgan fingerprint density at radius 1 is 1.25 bits per heavy atom. The van der Waals surface area contributed by atoms with Gasteiger partial charge in [0, 0.05) is 18.8 Å². The van der Waals surface area contributed by atoms with Gasteiger partial charge in [0.1, 0.15) is 0 Å². The van der Waals surface area contributed by atoms with Crippen molar-refractivity contribution in [1.29, 1.82) is 0 Å². The third kappa shape index (κ3) is 2.83. The Labute approximate surface area is 115 Å². The molecule has 0 aromatic carbocycles. The van der Waals surface area contributed by atoms with Crippen LogP contribution in [-0.4, -0.2) is 41.3 Å². The number of hydrogen-bond acceptors (Lipinski definition) is 3. The number of alkyl halides is 3. The van der Waals surface area contributed by atoms with E-state index in [0.29, 0.717) is 17.7 Å². The number of likely N-dealkylation sites (tertiary alicyclic amines) is 1. The Morgan fingerprint density at radius 3 is 2.65 bits per heavy atom. The summed E-state index contributed by atoms with van der Waals surface area (Å²) in [7, 11) is 0. The number of rotatable bonds is 2. The molecule has 1 aromatic rings. The Morgan fingerprint density at radius 2 is 2.00 bits per heavy atom. The Kier molecular flexibility index (Phi) is 3.50. The van der Waals surface area contributed by atoms with Crippen molar-refractivity contribution in [2.75, 3.05) is 26.2 Å². The van der Waals surface area contributed by atoms with E-state index in [1.54, 1.807) is 0 Å². The molecule has 0 aliphatic carbocycles. The van der Waals surface area contributed by atoms with Crippen LogP contribution in [0.1, 0.15) is 30.7 Å². The van der Waals surface area contributed by atoms with Crippen LogP contribution in [0.4, 0.5) is 13.2 Å². The number of nitrogens with one attached hydrogen (secondary N) is 2. The molecule has 2 aliphatic heterocycles. The van der Waals surface area contributed by atoms with Crippen LogP contribution < -0.4 is 5.32 Å². The summed E-state index contributed by atoms with van der Waals surface area (Å²) in [6, 6.07) is 1.12. The van der Waals surface area contributed by atoms with Gasteiger partial charge in [0.15, 0.2) is 5.69 Å². The normalized spacial score (nSPS) is 23.6. The fraction of sp³-hybridized carbons (Fsp3) is 0.769. The number of piperidine rings is 1. The molecule has 7 heteroatoms. The van der Waals surface area contributed by atoms with Gasteiger partial charge in [-0.05, 0) is 50.4 Å². The van der Waals surface area contributed by atoms with Crippen LogP contribution in [-0.2, 0) is 12.7 Å². The van der Waals surface area contributed by atoms with Gasteiger partial charge in [0.25, 0.3) is 0 Å². The summed E-state index contributed by atoms with van der Waals surface area (Å²) in [5.41, 5.74) is 0.0876. The van der Waals surface area contributed by atoms with Crippen LogP contribution >= 0.6 is 0 Å². The predicted molar refractivity (Wildman–Crippen MR) is 68.0 cm³/mol. The second-order valence-electron chi connectivity index (χ2n) is 5.99. The average molecular weight is 288 g/mol. The van der Waals surface area contributed by atoms with Crippen molar-refractivity contribution in [2.24, 2.45) is 5.41 Å². The molecule has 1 spiro atoms. The highest BCUT2D eigenvalue weighted by molar-refractivity contribution is 5.12. The molecular weight excluding hydrogens is 269 g/mol. The van der Waals surface area contributed by atoms with Crippen molar-refractivity contribution < 1.29 is 13.2 Å². The lowest BCUT2D eigenvalue weighted by Crippen LogP contribution is -2.38. The molecule has 3 heterocycles. The number of halogens is 3. The van der Waals surface area contributed by atoms with Gasteiger partial charge in [-0.1, -0.05) is 0 Å². The zero-order valence-corrected chi connectivity index (χ0v) is 11.3. The molecule has 0 radical (unpaired) electrons. The fourth-order valence-electron chi connectivity index (χ4n) is 3.36. The van der Waals surface area contributed by atoms with Gasteiger partial charge >= 0.3 is 6.18 Å². The predicted octanol–water partition coefficient (Wildman–Crippen LogP) is 2.00. The summed E-state index contributed by atoms with van der Waals surface area (Å²) in [4.78, 5) is 2.24. The molecule has 3 rings (SSSR count). The number of aromatic amines is 1. The largest absolute Gasteiger partial charge is 0.435 e. The first-order valence-electron chi connectivity index (χ1n) is 7.02. The Bertz CT molecular complexity index is 462. The average Bonchev–Trinajstić information content (AvgIpc) is 2.99. The smallest absolute Gasteiger partial charge is 0.317 e. The van der Waals surface area contributed by atoms with E-state index >= 15 is 0 Å². The standard InChI is InChI=1S/C13H19F3N4/c14-13(15,16)11-7-10(18-19-11)8-20-6-3-12(9-20)1-4-17-5-2-12/h7,17H,1-6,8-9H2,(H,18,19). The highest BCUT2D eigenvalue weighted by Crippen LogP contribution is 2.39. The zero-order valence-electron chi connectivity index (χ0n) is 11.3. The maximum atomic E-state index is 12.5. The minimum Gasteiger partial charge on any atom is -0.317 e. The summed E-state index contributed by atoms with van der Waals surface area (Å²) in [5.74, 6) is 0. The summed E-state index contributed by atoms with van der Waals surface area (Å²) < 4.78 is 37.5. The van der Waals surface area contributed by atoms with Gasteiger partial charge in [0.2, 0.25) is 0 Å². The van der Waals surface area contributed by atoms with Gasteiger partial charge in [-0.3, -0.25) is 10.00 Å². The molecule has 4 nitrogen and oxygen atoms in total. The fourth-order valence-corrected chi connectivity index (χ4v) is 3.36. The van der Waals surface area contributed by atoms with Gasteiger partial charge in [-0.2, -0.15) is 18.3 Å². The third-order valence-corrected chi connectivity index (χ3v) is 4.50. The van der Waals surface area contributed by atoms with E-state index in [-0.39, 0.29) is 0 Å². The lowest BCUT2D eigenvalue weighted by Gasteiger charge is -2.33. The van der Waals surface area contributed by atoms with E-state index in [9.17, 15) is 13.2 Å². The van der Waals surface area contributed by atoms with Gasteiger partial charge in [-0.25, -0.2) is 0 Å². The molecule has 2 saturated heterocycles. The van der Waals surface area contributed by atoms with Crippen LogP contribution in [0.25, 0.3) is 0 Å². The third-order valence-electron chi connectivity index (χ3n) is 4.50. The molecule has 2 aliphatic rings. The topological polar surface area (TPSA) is 44.0 Å². The van der Waals surface area contributed by atoms with Crippen molar-refractivity contribution >= 4 is 0 Å². The Balaban J connectivity index is 1.60. The van der Waals surface area contributed by atoms with Crippen molar-refractivity contribution in [3.05, 3.63) is 17.5 Å². The first-order valence-corrected chi connectivity index (χ1v) is 7.02. The molecule has 112 valence electrons. The Hall–Kier alpha value is -1.08. The van der Waals surface area contributed by atoms with E-state index in [1.165, 1.54) is 12.8 Å². The van der Waals surface area contributed by atoms with Crippen LogP contribution in [0.3, 0.4) is 0 Å². The monoisotopic (exact) mass is 288 g/mol. The summed E-state index contributed by atoms with van der Waals surface area (Å²) in [6.07, 6.45) is -0.883. The summed E-state index contributed by atoms with van der Waals surface area (Å²) in [6.45, 7) is 4.57. The zero-order chi connectivity index (χ0) is 14.2. The van der Waals surface area contributed by atoms with E-state index in [1.807, 2.05) is 0 Å². The molecule has 2 N–H and O–H groups in total. The number of nitrogens with zero attached hydrogens (tertiary/aromatic N) is 2. The minimum absolute atomic E-state index is 0.373. The van der Waals surface area contributed by atoms with Gasteiger partial charge in [0.05, 0.1) is 0 Å². The SMILES string of the molecule is FC(F)(F)c1cc(CN2CCC3(CCNCC3)C2)[nH]n1. The van der Waals surface area contributed by atoms with Crippen LogP contribution in [0, 0.1) is 5.41 Å². The van der Waals surface area contributed by atoms with Crippen molar-refractivity contribution in [1.82, 2.24) is 20.4 Å². The lowest BCUT2D eigenvalue weighted by atomic mass is 9.78. The molecule has 20 heavy (non-hydrogen) atoms. The van der Waals surface area contributed by atoms with Crippen molar-refractivity contribution in [3.8, 4) is 0 Å². The van der Waals surface area contributed by atoms with E-state index in [0.717, 1.165) is 38.7 Å². The van der Waals surface area contributed by atoms with Crippen LogP contribution in [0.2, 0.25) is 0 Å². The van der Waals surface area contributed by atoms with Crippen molar-refractivity contribution in [3.63, 3.8) is 0 Å². The molecular formula is C13H19F3N4. The first-order chi connectivity index (χ1) is 9.47. The van der Waals surface area contributed by atoms with E-state index in [4.69, 9.17) is 0 Å². The van der Waals surface area contributed by atoms with Crippen LogP contribution in [0.5, 0.6) is 0 Å². The number of H-pyrrole nitrogens is 1. The van der Waals surface area contributed by atoms with Gasteiger partial charge in [-0.15, -0.1) is 0 Å². The quantitative estimate of drug-likeness (QED) is 0.875. The lowest BCUT2D eigenvalue weighted by molar-refractivity contribution is -0.141. The molecule has 0 amide bonds. The second-order valence-corrected chi connectivity index (χ2v) is 5.99. The van der Waals surface area contributed by atoms with E-state index in [2.05, 4.69) is 20.4 Å². The first kappa shape index (κ1) is 13.9. The maximum Gasteiger partial charge on any atom is 0.435 e. The molecule has 2 fully saturated rings. The molecule has 1 aromatic heterocycles. The highest BCUT2D eigenvalue weighted by atomic mass is 19.4. The highest BCUT2D eigenvalue weighted by Gasteiger charge is 2.39. The summed E-state index contributed by atoms with van der Waals surface area (Å²) >= 11 is 0. The molecule has 0 saturated carbocycles. The van der Waals surface area contributed by atoms with Crippen LogP contribution in [0.15, 0.2) is 6.07 Å². The second kappa shape index (κ2) is 5.04. The van der Waals surface area contributed by atoms with E-state index < -0.39 is 11.9 Å². The molecule has 0 atom stereocenters. The van der Waals surface area contributed by atoms with Gasteiger partial charge < -0.3 is 5.32 Å². The van der Waals surface area contributed by atoms with Crippen molar-refractivity contribution in [2.45, 2.75) is 32.0 Å². The molecule has 0 unspecified atom stereocenters. The number of aromatic nitrogens is 2. The number of hydrogen-bond donors (Lipinski definition) is 2.